The highest BCUT2D eigenvalue weighted by atomic mass is 16.5. The van der Waals surface area contributed by atoms with Gasteiger partial charge in [0.2, 0.25) is 5.91 Å². The number of likely N-dealkylation sites (tertiary alicyclic amines) is 1. The van der Waals surface area contributed by atoms with Gasteiger partial charge in [0.05, 0.1) is 19.6 Å². The molecule has 4 heterocycles. The van der Waals surface area contributed by atoms with E-state index >= 15 is 0 Å². The fraction of sp³-hybridized carbons (Fsp3) is 0.524. The van der Waals surface area contributed by atoms with E-state index in [0.29, 0.717) is 12.3 Å². The summed E-state index contributed by atoms with van der Waals surface area (Å²) < 4.78 is 5.45. The number of hydrogen-bond acceptors (Lipinski definition) is 6. The average molecular weight is 381 g/mol. The summed E-state index contributed by atoms with van der Waals surface area (Å²) in [5, 5.41) is 0. The number of hydrogen-bond donors (Lipinski definition) is 0. The Bertz CT molecular complexity index is 800. The van der Waals surface area contributed by atoms with Gasteiger partial charge in [-0.3, -0.25) is 9.78 Å². The van der Waals surface area contributed by atoms with Gasteiger partial charge in [-0.2, -0.15) is 0 Å². The van der Waals surface area contributed by atoms with Crippen molar-refractivity contribution >= 4 is 11.7 Å². The van der Waals surface area contributed by atoms with Gasteiger partial charge in [-0.15, -0.1) is 0 Å². The molecule has 0 aliphatic carbocycles. The molecule has 7 nitrogen and oxygen atoms in total. The van der Waals surface area contributed by atoms with E-state index in [1.807, 2.05) is 30.0 Å². The van der Waals surface area contributed by atoms with Gasteiger partial charge in [0.15, 0.2) is 0 Å². The number of pyridine rings is 1. The van der Waals surface area contributed by atoms with Crippen molar-refractivity contribution in [3.8, 4) is 0 Å². The summed E-state index contributed by atoms with van der Waals surface area (Å²) in [4.78, 5) is 30.6. The molecular formula is C21H27N5O2. The molecule has 28 heavy (non-hydrogen) atoms. The Kier molecular flexibility index (Phi) is 5.81. The summed E-state index contributed by atoms with van der Waals surface area (Å²) in [6.45, 7) is 6.76. The molecule has 0 radical (unpaired) electrons. The number of rotatable bonds is 4. The Morgan fingerprint density at radius 2 is 1.93 bits per heavy atom. The van der Waals surface area contributed by atoms with E-state index in [0.717, 1.165) is 75.3 Å². The summed E-state index contributed by atoms with van der Waals surface area (Å²) in [6, 6.07) is 7.74. The van der Waals surface area contributed by atoms with Gasteiger partial charge in [-0.25, -0.2) is 9.97 Å². The maximum atomic E-state index is 12.6. The van der Waals surface area contributed by atoms with Gasteiger partial charge in [-0.1, -0.05) is 6.07 Å². The molecule has 0 N–H and O–H groups in total. The number of anilines is 1. The van der Waals surface area contributed by atoms with Crippen LogP contribution in [-0.4, -0.2) is 65.2 Å². The summed E-state index contributed by atoms with van der Waals surface area (Å²) in [6.07, 6.45) is 3.91. The van der Waals surface area contributed by atoms with E-state index in [1.54, 1.807) is 6.20 Å². The SMILES string of the molecule is Cc1cc(N2CCOCC2)nc(C2CCN(C(=O)Cc3ccccn3)CC2)n1. The highest BCUT2D eigenvalue weighted by molar-refractivity contribution is 5.78. The highest BCUT2D eigenvalue weighted by Gasteiger charge is 2.26. The predicted octanol–water partition coefficient (Wildman–Crippen LogP) is 1.97. The lowest BCUT2D eigenvalue weighted by Crippen LogP contribution is -2.39. The number of aryl methyl sites for hydroxylation is 1. The second-order valence-electron chi connectivity index (χ2n) is 7.48. The Hall–Kier alpha value is -2.54. The number of nitrogens with zero attached hydrogens (tertiary/aromatic N) is 5. The normalized spacial score (nSPS) is 18.3. The Balaban J connectivity index is 1.38. The van der Waals surface area contributed by atoms with Gasteiger partial charge >= 0.3 is 0 Å². The van der Waals surface area contributed by atoms with Crippen molar-refractivity contribution in [3.05, 3.63) is 47.7 Å². The van der Waals surface area contributed by atoms with E-state index in [2.05, 4.69) is 16.0 Å². The number of morpholine rings is 1. The van der Waals surface area contributed by atoms with E-state index < -0.39 is 0 Å². The summed E-state index contributed by atoms with van der Waals surface area (Å²) in [5.41, 5.74) is 1.83. The van der Waals surface area contributed by atoms with Crippen LogP contribution in [0.2, 0.25) is 0 Å². The van der Waals surface area contributed by atoms with Crippen LogP contribution in [0, 0.1) is 6.92 Å². The molecule has 0 atom stereocenters. The van der Waals surface area contributed by atoms with E-state index in [4.69, 9.17) is 14.7 Å². The molecule has 2 aliphatic rings. The minimum Gasteiger partial charge on any atom is -0.378 e. The van der Waals surface area contributed by atoms with Gasteiger partial charge in [0.25, 0.3) is 0 Å². The molecule has 148 valence electrons. The molecule has 2 saturated heterocycles. The molecule has 7 heteroatoms. The molecule has 1 amide bonds. The number of carbonyl (C=O) groups excluding carboxylic acids is 1. The zero-order chi connectivity index (χ0) is 19.3. The van der Waals surface area contributed by atoms with Crippen molar-refractivity contribution in [2.75, 3.05) is 44.3 Å². The van der Waals surface area contributed by atoms with Gasteiger partial charge in [0, 0.05) is 55.7 Å². The molecule has 2 fully saturated rings. The third-order valence-electron chi connectivity index (χ3n) is 5.46. The van der Waals surface area contributed by atoms with Crippen LogP contribution >= 0.6 is 0 Å². The second-order valence-corrected chi connectivity index (χ2v) is 7.48. The van der Waals surface area contributed by atoms with Crippen LogP contribution in [-0.2, 0) is 16.0 Å². The predicted molar refractivity (Wildman–Crippen MR) is 106 cm³/mol. The average Bonchev–Trinajstić information content (AvgIpc) is 2.75. The third-order valence-corrected chi connectivity index (χ3v) is 5.46. The Labute approximate surface area is 165 Å². The molecule has 0 unspecified atom stereocenters. The maximum absolute atomic E-state index is 12.6. The summed E-state index contributed by atoms with van der Waals surface area (Å²) in [5.74, 6) is 2.37. The molecule has 2 aliphatic heterocycles. The molecule has 2 aromatic rings. The van der Waals surface area contributed by atoms with Crippen LogP contribution in [0.5, 0.6) is 0 Å². The maximum Gasteiger partial charge on any atom is 0.228 e. The lowest BCUT2D eigenvalue weighted by Gasteiger charge is -2.32. The van der Waals surface area contributed by atoms with Crippen LogP contribution in [0.25, 0.3) is 0 Å². The molecular weight excluding hydrogens is 354 g/mol. The molecule has 4 rings (SSSR count). The number of carbonyl (C=O) groups is 1. The smallest absolute Gasteiger partial charge is 0.228 e. The van der Waals surface area contributed by atoms with Crippen molar-refractivity contribution in [2.45, 2.75) is 32.1 Å². The number of piperidine rings is 1. The Morgan fingerprint density at radius 1 is 1.14 bits per heavy atom. The standard InChI is InChI=1S/C21H27N5O2/c1-16-14-19(25-10-12-28-13-11-25)24-21(23-16)17-5-8-26(9-6-17)20(27)15-18-4-2-3-7-22-18/h2-4,7,14,17H,5-6,8-13,15H2,1H3. The van der Waals surface area contributed by atoms with Crippen molar-refractivity contribution in [1.29, 1.82) is 0 Å². The quantitative estimate of drug-likeness (QED) is 0.806. The van der Waals surface area contributed by atoms with Crippen LogP contribution in [0.1, 0.15) is 36.0 Å². The molecule has 0 spiro atoms. The number of aromatic nitrogens is 3. The van der Waals surface area contributed by atoms with Crippen molar-refractivity contribution in [1.82, 2.24) is 19.9 Å². The third kappa shape index (κ3) is 4.47. The molecule has 0 aromatic carbocycles. The Morgan fingerprint density at radius 3 is 2.64 bits per heavy atom. The van der Waals surface area contributed by atoms with E-state index in [1.165, 1.54) is 0 Å². The lowest BCUT2D eigenvalue weighted by atomic mass is 9.95. The monoisotopic (exact) mass is 381 g/mol. The largest absolute Gasteiger partial charge is 0.378 e. The fourth-order valence-corrected chi connectivity index (χ4v) is 3.87. The van der Waals surface area contributed by atoms with Crippen LogP contribution in [0.3, 0.4) is 0 Å². The summed E-state index contributed by atoms with van der Waals surface area (Å²) in [7, 11) is 0. The van der Waals surface area contributed by atoms with E-state index in [-0.39, 0.29) is 5.91 Å². The first-order valence-electron chi connectivity index (χ1n) is 10.0. The molecule has 2 aromatic heterocycles. The summed E-state index contributed by atoms with van der Waals surface area (Å²) >= 11 is 0. The van der Waals surface area contributed by atoms with Crippen molar-refractivity contribution < 1.29 is 9.53 Å². The zero-order valence-corrected chi connectivity index (χ0v) is 16.4. The van der Waals surface area contributed by atoms with Crippen molar-refractivity contribution in [2.24, 2.45) is 0 Å². The fourth-order valence-electron chi connectivity index (χ4n) is 3.87. The first-order valence-corrected chi connectivity index (χ1v) is 10.0. The first kappa shape index (κ1) is 18.8. The molecule has 0 bridgehead atoms. The minimum atomic E-state index is 0.149. The second kappa shape index (κ2) is 8.65. The van der Waals surface area contributed by atoms with Gasteiger partial charge < -0.3 is 14.5 Å². The topological polar surface area (TPSA) is 71.5 Å². The van der Waals surface area contributed by atoms with Crippen LogP contribution in [0.4, 0.5) is 5.82 Å². The number of amides is 1. The first-order chi connectivity index (χ1) is 13.7. The van der Waals surface area contributed by atoms with Crippen LogP contribution < -0.4 is 4.90 Å². The van der Waals surface area contributed by atoms with Gasteiger partial charge in [-0.05, 0) is 31.9 Å². The number of ether oxygens (including phenoxy) is 1. The zero-order valence-electron chi connectivity index (χ0n) is 16.4. The minimum absolute atomic E-state index is 0.149. The molecule has 0 saturated carbocycles. The highest BCUT2D eigenvalue weighted by Crippen LogP contribution is 2.28. The van der Waals surface area contributed by atoms with Gasteiger partial charge in [0.1, 0.15) is 11.6 Å². The lowest BCUT2D eigenvalue weighted by molar-refractivity contribution is -0.131. The van der Waals surface area contributed by atoms with Crippen LogP contribution in [0.15, 0.2) is 30.5 Å². The van der Waals surface area contributed by atoms with E-state index in [9.17, 15) is 4.79 Å². The van der Waals surface area contributed by atoms with Crippen molar-refractivity contribution in [3.63, 3.8) is 0 Å².